The minimum absolute atomic E-state index is 0.0706. The van der Waals surface area contributed by atoms with Crippen LogP contribution in [0.4, 0.5) is 0 Å². The Balaban J connectivity index is 2.03. The van der Waals surface area contributed by atoms with Gasteiger partial charge in [0.25, 0.3) is 0 Å². The zero-order valence-corrected chi connectivity index (χ0v) is 10.6. The molecule has 0 aliphatic heterocycles. The molecule has 2 rings (SSSR count). The van der Waals surface area contributed by atoms with Crippen LogP contribution in [0.15, 0.2) is 0 Å². The van der Waals surface area contributed by atoms with Gasteiger partial charge in [-0.3, -0.25) is 4.79 Å². The van der Waals surface area contributed by atoms with E-state index in [1.165, 1.54) is 20.0 Å². The predicted molar refractivity (Wildman–Crippen MR) is 63.1 cm³/mol. The summed E-state index contributed by atoms with van der Waals surface area (Å²) in [6, 6.07) is 0. The summed E-state index contributed by atoms with van der Waals surface area (Å²) in [6.07, 6.45) is 5.54. The number of hydrogen-bond acceptors (Lipinski definition) is 3. The molecule has 3 nitrogen and oxygen atoms in total. The SMILES string of the molecule is COC(=O)C1(NCC2CC2)CCC(C)(C)C1. The molecule has 0 saturated heterocycles. The van der Waals surface area contributed by atoms with Crippen LogP contribution in [-0.2, 0) is 9.53 Å². The van der Waals surface area contributed by atoms with Crippen LogP contribution >= 0.6 is 0 Å². The number of hydrogen-bond donors (Lipinski definition) is 1. The van der Waals surface area contributed by atoms with Crippen molar-refractivity contribution in [3.05, 3.63) is 0 Å². The van der Waals surface area contributed by atoms with Gasteiger partial charge in [-0.15, -0.1) is 0 Å². The molecule has 0 radical (unpaired) electrons. The summed E-state index contributed by atoms with van der Waals surface area (Å²) < 4.78 is 4.98. The van der Waals surface area contributed by atoms with Gasteiger partial charge in [0, 0.05) is 0 Å². The van der Waals surface area contributed by atoms with E-state index in [9.17, 15) is 4.79 Å². The van der Waals surface area contributed by atoms with E-state index in [2.05, 4.69) is 19.2 Å². The third kappa shape index (κ3) is 2.40. The zero-order valence-electron chi connectivity index (χ0n) is 10.6. The van der Waals surface area contributed by atoms with Gasteiger partial charge in [0.1, 0.15) is 5.54 Å². The Hall–Kier alpha value is -0.570. The summed E-state index contributed by atoms with van der Waals surface area (Å²) in [4.78, 5) is 12.0. The first-order valence-electron chi connectivity index (χ1n) is 6.31. The summed E-state index contributed by atoms with van der Waals surface area (Å²) in [6.45, 7) is 5.44. The fraction of sp³-hybridized carbons (Fsp3) is 0.923. The third-order valence-electron chi connectivity index (χ3n) is 4.01. The van der Waals surface area contributed by atoms with Crippen LogP contribution in [0.3, 0.4) is 0 Å². The van der Waals surface area contributed by atoms with Gasteiger partial charge in [-0.1, -0.05) is 13.8 Å². The summed E-state index contributed by atoms with van der Waals surface area (Å²) in [7, 11) is 1.49. The second-order valence-corrected chi connectivity index (χ2v) is 6.24. The van der Waals surface area contributed by atoms with E-state index in [4.69, 9.17) is 4.74 Å². The molecule has 1 unspecified atom stereocenters. The molecule has 0 aromatic carbocycles. The minimum Gasteiger partial charge on any atom is -0.468 e. The lowest BCUT2D eigenvalue weighted by Crippen LogP contribution is -2.52. The maximum Gasteiger partial charge on any atom is 0.326 e. The molecule has 0 heterocycles. The average molecular weight is 225 g/mol. The zero-order chi connectivity index (χ0) is 11.8. The first kappa shape index (κ1) is 11.9. The Labute approximate surface area is 97.9 Å². The second kappa shape index (κ2) is 4.02. The Morgan fingerprint density at radius 2 is 2.06 bits per heavy atom. The molecule has 2 aliphatic rings. The van der Waals surface area contributed by atoms with Gasteiger partial charge in [0.2, 0.25) is 0 Å². The smallest absolute Gasteiger partial charge is 0.326 e. The lowest BCUT2D eigenvalue weighted by Gasteiger charge is -2.29. The van der Waals surface area contributed by atoms with Gasteiger partial charge in [-0.05, 0) is 50.0 Å². The van der Waals surface area contributed by atoms with E-state index in [-0.39, 0.29) is 11.4 Å². The van der Waals surface area contributed by atoms with Crippen LogP contribution in [-0.4, -0.2) is 25.2 Å². The monoisotopic (exact) mass is 225 g/mol. The van der Waals surface area contributed by atoms with Gasteiger partial charge in [-0.2, -0.15) is 0 Å². The maximum absolute atomic E-state index is 12.0. The highest BCUT2D eigenvalue weighted by Gasteiger charge is 2.49. The number of carbonyl (C=O) groups excluding carboxylic acids is 1. The van der Waals surface area contributed by atoms with Crippen molar-refractivity contribution in [2.24, 2.45) is 11.3 Å². The number of ether oxygens (including phenoxy) is 1. The van der Waals surface area contributed by atoms with E-state index in [1.54, 1.807) is 0 Å². The van der Waals surface area contributed by atoms with Gasteiger partial charge in [-0.25, -0.2) is 0 Å². The van der Waals surface area contributed by atoms with Gasteiger partial charge >= 0.3 is 5.97 Å². The van der Waals surface area contributed by atoms with Crippen molar-refractivity contribution in [1.82, 2.24) is 5.32 Å². The molecule has 0 bridgehead atoms. The minimum atomic E-state index is -0.402. The topological polar surface area (TPSA) is 38.3 Å². The fourth-order valence-electron chi connectivity index (χ4n) is 2.80. The first-order valence-corrected chi connectivity index (χ1v) is 6.31. The van der Waals surface area contributed by atoms with Crippen LogP contribution in [0, 0.1) is 11.3 Å². The van der Waals surface area contributed by atoms with E-state index in [1.807, 2.05) is 0 Å². The molecular formula is C13H23NO2. The molecule has 3 heteroatoms. The highest BCUT2D eigenvalue weighted by Crippen LogP contribution is 2.44. The molecule has 92 valence electrons. The summed E-state index contributed by atoms with van der Waals surface area (Å²) in [5.41, 5.74) is -0.147. The molecule has 1 atom stereocenters. The quantitative estimate of drug-likeness (QED) is 0.745. The number of carbonyl (C=O) groups is 1. The van der Waals surface area contributed by atoms with Crippen molar-refractivity contribution in [3.8, 4) is 0 Å². The van der Waals surface area contributed by atoms with Crippen LogP contribution < -0.4 is 5.32 Å². The van der Waals surface area contributed by atoms with Crippen molar-refractivity contribution >= 4 is 5.97 Å². The average Bonchev–Trinajstić information content (AvgIpc) is 3.00. The molecule has 2 saturated carbocycles. The number of nitrogens with one attached hydrogen (secondary N) is 1. The first-order chi connectivity index (χ1) is 7.47. The van der Waals surface area contributed by atoms with E-state index >= 15 is 0 Å². The maximum atomic E-state index is 12.0. The normalized spacial score (nSPS) is 32.7. The lowest BCUT2D eigenvalue weighted by atomic mass is 9.87. The molecule has 1 N–H and O–H groups in total. The Morgan fingerprint density at radius 1 is 1.38 bits per heavy atom. The van der Waals surface area contributed by atoms with Crippen molar-refractivity contribution in [2.75, 3.05) is 13.7 Å². The van der Waals surface area contributed by atoms with Crippen LogP contribution in [0.1, 0.15) is 46.0 Å². The highest BCUT2D eigenvalue weighted by molar-refractivity contribution is 5.81. The summed E-state index contributed by atoms with van der Waals surface area (Å²) in [5, 5.41) is 3.49. The summed E-state index contributed by atoms with van der Waals surface area (Å²) >= 11 is 0. The molecular weight excluding hydrogens is 202 g/mol. The van der Waals surface area contributed by atoms with Crippen LogP contribution in [0.2, 0.25) is 0 Å². The highest BCUT2D eigenvalue weighted by atomic mass is 16.5. The van der Waals surface area contributed by atoms with Crippen molar-refractivity contribution < 1.29 is 9.53 Å². The predicted octanol–water partition coefficient (Wildman–Crippen LogP) is 2.11. The number of esters is 1. The van der Waals surface area contributed by atoms with Gasteiger partial charge in [0.05, 0.1) is 7.11 Å². The number of rotatable bonds is 4. The van der Waals surface area contributed by atoms with Crippen LogP contribution in [0.5, 0.6) is 0 Å². The van der Waals surface area contributed by atoms with E-state index < -0.39 is 5.54 Å². The van der Waals surface area contributed by atoms with E-state index in [0.29, 0.717) is 0 Å². The largest absolute Gasteiger partial charge is 0.468 e. The molecule has 2 aliphatic carbocycles. The van der Waals surface area contributed by atoms with Crippen molar-refractivity contribution in [1.29, 1.82) is 0 Å². The second-order valence-electron chi connectivity index (χ2n) is 6.24. The third-order valence-corrected chi connectivity index (χ3v) is 4.01. The lowest BCUT2D eigenvalue weighted by molar-refractivity contribution is -0.148. The van der Waals surface area contributed by atoms with Gasteiger partial charge < -0.3 is 10.1 Å². The Kier molecular flexibility index (Phi) is 2.99. The van der Waals surface area contributed by atoms with Crippen molar-refractivity contribution in [2.45, 2.75) is 51.5 Å². The molecule has 0 aromatic heterocycles. The van der Waals surface area contributed by atoms with Crippen molar-refractivity contribution in [3.63, 3.8) is 0 Å². The molecule has 0 spiro atoms. The summed E-state index contributed by atoms with van der Waals surface area (Å²) in [5.74, 6) is 0.726. The standard InChI is InChI=1S/C13H23NO2/c1-12(2)6-7-13(9-12,11(15)16-3)14-8-10-4-5-10/h10,14H,4-9H2,1-3H3. The Morgan fingerprint density at radius 3 is 2.50 bits per heavy atom. The van der Waals surface area contributed by atoms with Crippen LogP contribution in [0.25, 0.3) is 0 Å². The molecule has 16 heavy (non-hydrogen) atoms. The van der Waals surface area contributed by atoms with E-state index in [0.717, 1.165) is 31.7 Å². The van der Waals surface area contributed by atoms with Gasteiger partial charge in [0.15, 0.2) is 0 Å². The fourth-order valence-corrected chi connectivity index (χ4v) is 2.80. The molecule has 0 amide bonds. The molecule has 2 fully saturated rings. The Bertz CT molecular complexity index is 284. The molecule has 0 aromatic rings. The number of methoxy groups -OCH3 is 1.